The molecule has 6 nitrogen and oxygen atoms in total. The summed E-state index contributed by atoms with van der Waals surface area (Å²) in [6, 6.07) is 12.3. The van der Waals surface area contributed by atoms with Crippen molar-refractivity contribution in [3.05, 3.63) is 53.1 Å². The summed E-state index contributed by atoms with van der Waals surface area (Å²) >= 11 is 0. The number of fused-ring (bicyclic) bond motifs is 3. The Labute approximate surface area is 183 Å². The third-order valence-electron chi connectivity index (χ3n) is 7.08. The van der Waals surface area contributed by atoms with E-state index in [9.17, 15) is 4.79 Å². The van der Waals surface area contributed by atoms with Crippen molar-refractivity contribution < 1.29 is 14.3 Å². The number of nitrogens with one attached hydrogen (secondary N) is 2. The van der Waals surface area contributed by atoms with E-state index in [-0.39, 0.29) is 17.5 Å². The van der Waals surface area contributed by atoms with Crippen molar-refractivity contribution in [2.75, 3.05) is 32.1 Å². The Kier molecular flexibility index (Phi) is 5.26. The zero-order chi connectivity index (χ0) is 21.4. The molecule has 164 valence electrons. The Hall–Kier alpha value is -2.73. The topological polar surface area (TPSA) is 62.8 Å². The van der Waals surface area contributed by atoms with E-state index in [2.05, 4.69) is 29.7 Å². The third kappa shape index (κ3) is 3.63. The summed E-state index contributed by atoms with van der Waals surface area (Å²) in [5.74, 6) is 1.65. The minimum atomic E-state index is -0.0410. The van der Waals surface area contributed by atoms with Gasteiger partial charge in [-0.25, -0.2) is 4.79 Å². The number of ether oxygens (including phenoxy) is 2. The normalized spacial score (nSPS) is 21.1. The van der Waals surface area contributed by atoms with E-state index in [1.165, 1.54) is 29.5 Å². The fourth-order valence-corrected chi connectivity index (χ4v) is 5.46. The molecular weight excluding hydrogens is 390 g/mol. The van der Waals surface area contributed by atoms with Crippen molar-refractivity contribution in [2.45, 2.75) is 50.6 Å². The number of hydrogen-bond acceptors (Lipinski definition) is 4. The third-order valence-corrected chi connectivity index (χ3v) is 7.08. The molecule has 0 aromatic heterocycles. The van der Waals surface area contributed by atoms with Gasteiger partial charge in [0.05, 0.1) is 6.04 Å². The molecule has 2 aromatic carbocycles. The number of carbonyl (C=O) groups excluding carboxylic acids is 1. The first-order valence-corrected chi connectivity index (χ1v) is 11.3. The fraction of sp³-hybridized carbons (Fsp3) is 0.480. The highest BCUT2D eigenvalue weighted by molar-refractivity contribution is 5.90. The molecule has 2 aliphatic heterocycles. The second-order valence-corrected chi connectivity index (χ2v) is 9.03. The molecule has 2 aromatic rings. The average Bonchev–Trinajstić information content (AvgIpc) is 3.26. The van der Waals surface area contributed by atoms with E-state index in [1.54, 1.807) is 0 Å². The zero-order valence-corrected chi connectivity index (χ0v) is 18.4. The van der Waals surface area contributed by atoms with Gasteiger partial charge in [-0.05, 0) is 67.8 Å². The number of hydrogen-bond donors (Lipinski definition) is 2. The molecule has 5 rings (SSSR count). The standard InChI is InChI=1S/C25H31N3O3/c1-17-20-13-22-23(31-12-11-30-22)14-21(20)25(9-3-4-10-25)16-28(17)24(29)27-19-7-5-18(6-8-19)15-26-2/h5-8,13-14,17,26H,3-4,9-12,15-16H2,1-2H3,(H,27,29). The van der Waals surface area contributed by atoms with E-state index in [4.69, 9.17) is 9.47 Å². The molecule has 1 spiro atoms. The summed E-state index contributed by atoms with van der Waals surface area (Å²) in [5, 5.41) is 6.27. The predicted molar refractivity (Wildman–Crippen MR) is 121 cm³/mol. The van der Waals surface area contributed by atoms with E-state index < -0.39 is 0 Å². The monoisotopic (exact) mass is 421 g/mol. The Balaban J connectivity index is 1.44. The van der Waals surface area contributed by atoms with Crippen LogP contribution in [0.15, 0.2) is 36.4 Å². The van der Waals surface area contributed by atoms with E-state index in [1.807, 2.05) is 36.2 Å². The van der Waals surface area contributed by atoms with Gasteiger partial charge in [0.1, 0.15) is 13.2 Å². The van der Waals surface area contributed by atoms with Gasteiger partial charge in [0.2, 0.25) is 0 Å². The molecule has 1 saturated carbocycles. The van der Waals surface area contributed by atoms with Gasteiger partial charge < -0.3 is 25.0 Å². The summed E-state index contributed by atoms with van der Waals surface area (Å²) in [5.41, 5.74) is 4.56. The van der Waals surface area contributed by atoms with Crippen LogP contribution in [0.25, 0.3) is 0 Å². The first-order chi connectivity index (χ1) is 15.1. The van der Waals surface area contributed by atoms with Crippen molar-refractivity contribution in [3.63, 3.8) is 0 Å². The number of benzene rings is 2. The zero-order valence-electron chi connectivity index (χ0n) is 18.4. The van der Waals surface area contributed by atoms with Crippen molar-refractivity contribution in [3.8, 4) is 11.5 Å². The Morgan fingerprint density at radius 1 is 1.10 bits per heavy atom. The molecule has 2 amide bonds. The molecular formula is C25H31N3O3. The highest BCUT2D eigenvalue weighted by atomic mass is 16.6. The molecule has 0 bridgehead atoms. The summed E-state index contributed by atoms with van der Waals surface area (Å²) in [6.45, 7) is 4.83. The summed E-state index contributed by atoms with van der Waals surface area (Å²) in [6.07, 6.45) is 4.61. The SMILES string of the molecule is CNCc1ccc(NC(=O)N2CC3(CCCC3)c3cc4c(cc3C2C)OCCO4)cc1. The number of anilines is 1. The maximum atomic E-state index is 13.4. The minimum absolute atomic E-state index is 0.00563. The van der Waals surface area contributed by atoms with Gasteiger partial charge in [0.15, 0.2) is 11.5 Å². The molecule has 1 atom stereocenters. The second kappa shape index (κ2) is 8.08. The van der Waals surface area contributed by atoms with Crippen LogP contribution in [0.2, 0.25) is 0 Å². The van der Waals surface area contributed by atoms with Crippen LogP contribution in [0.5, 0.6) is 11.5 Å². The van der Waals surface area contributed by atoms with Crippen LogP contribution >= 0.6 is 0 Å². The summed E-state index contributed by atoms with van der Waals surface area (Å²) in [4.78, 5) is 15.4. The number of amides is 2. The van der Waals surface area contributed by atoms with Gasteiger partial charge in [0.25, 0.3) is 0 Å². The lowest BCUT2D eigenvalue weighted by atomic mass is 9.71. The molecule has 2 N–H and O–H groups in total. The number of nitrogens with zero attached hydrogens (tertiary/aromatic N) is 1. The largest absolute Gasteiger partial charge is 0.486 e. The Bertz CT molecular complexity index is 967. The lowest BCUT2D eigenvalue weighted by molar-refractivity contribution is 0.149. The van der Waals surface area contributed by atoms with Crippen LogP contribution in [-0.2, 0) is 12.0 Å². The van der Waals surface area contributed by atoms with Gasteiger partial charge in [0, 0.05) is 24.2 Å². The number of carbonyl (C=O) groups is 1. The minimum Gasteiger partial charge on any atom is -0.486 e. The Morgan fingerprint density at radius 2 is 1.77 bits per heavy atom. The van der Waals surface area contributed by atoms with Crippen LogP contribution in [0.1, 0.15) is 55.3 Å². The van der Waals surface area contributed by atoms with Crippen molar-refractivity contribution in [2.24, 2.45) is 0 Å². The number of rotatable bonds is 3. The molecule has 31 heavy (non-hydrogen) atoms. The number of urea groups is 1. The molecule has 1 fully saturated rings. The summed E-state index contributed by atoms with van der Waals surface area (Å²) in [7, 11) is 1.93. The van der Waals surface area contributed by atoms with Crippen LogP contribution in [0.4, 0.5) is 10.5 Å². The second-order valence-electron chi connectivity index (χ2n) is 9.03. The van der Waals surface area contributed by atoms with Crippen molar-refractivity contribution >= 4 is 11.7 Å². The quantitative estimate of drug-likeness (QED) is 0.760. The first kappa shape index (κ1) is 20.2. The van der Waals surface area contributed by atoms with Gasteiger partial charge in [-0.3, -0.25) is 0 Å². The maximum absolute atomic E-state index is 13.4. The van der Waals surface area contributed by atoms with Crippen LogP contribution < -0.4 is 20.1 Å². The predicted octanol–water partition coefficient (Wildman–Crippen LogP) is 4.60. The molecule has 0 saturated heterocycles. The first-order valence-electron chi connectivity index (χ1n) is 11.3. The molecule has 1 aliphatic carbocycles. The summed E-state index contributed by atoms with van der Waals surface area (Å²) < 4.78 is 11.7. The molecule has 3 aliphatic rings. The van der Waals surface area contributed by atoms with Gasteiger partial charge in [-0.2, -0.15) is 0 Å². The van der Waals surface area contributed by atoms with Gasteiger partial charge in [-0.15, -0.1) is 0 Å². The highest BCUT2D eigenvalue weighted by Gasteiger charge is 2.46. The van der Waals surface area contributed by atoms with E-state index in [0.717, 1.165) is 43.1 Å². The van der Waals surface area contributed by atoms with Crippen LogP contribution in [0.3, 0.4) is 0 Å². The van der Waals surface area contributed by atoms with E-state index in [0.29, 0.717) is 13.2 Å². The van der Waals surface area contributed by atoms with Gasteiger partial charge >= 0.3 is 6.03 Å². The Morgan fingerprint density at radius 3 is 2.45 bits per heavy atom. The lowest BCUT2D eigenvalue weighted by Crippen LogP contribution is -2.50. The molecule has 2 heterocycles. The smallest absolute Gasteiger partial charge is 0.322 e. The lowest BCUT2D eigenvalue weighted by Gasteiger charge is -2.46. The van der Waals surface area contributed by atoms with Crippen LogP contribution in [-0.4, -0.2) is 37.7 Å². The molecule has 1 unspecified atom stereocenters. The molecule has 6 heteroatoms. The molecule has 0 radical (unpaired) electrons. The van der Waals surface area contributed by atoms with Gasteiger partial charge in [-0.1, -0.05) is 25.0 Å². The average molecular weight is 422 g/mol. The van der Waals surface area contributed by atoms with Crippen molar-refractivity contribution in [1.29, 1.82) is 0 Å². The fourth-order valence-electron chi connectivity index (χ4n) is 5.46. The van der Waals surface area contributed by atoms with E-state index >= 15 is 0 Å². The highest BCUT2D eigenvalue weighted by Crippen LogP contribution is 2.52. The van der Waals surface area contributed by atoms with Crippen molar-refractivity contribution in [1.82, 2.24) is 10.2 Å². The maximum Gasteiger partial charge on any atom is 0.322 e. The van der Waals surface area contributed by atoms with Crippen LogP contribution in [0, 0.1) is 0 Å².